The van der Waals surface area contributed by atoms with Crippen LogP contribution < -0.4 is 15.8 Å². The first-order valence-electron chi connectivity index (χ1n) is 9.41. The number of nitrogens with zero attached hydrogens (tertiary/aromatic N) is 5. The van der Waals surface area contributed by atoms with Crippen LogP contribution in [0.3, 0.4) is 0 Å². The SMILES string of the molecule is COc1cc(N)c(Cl)cc1C(=O)NC1CCN(CCCn2ncnn2)CC1OC. The van der Waals surface area contributed by atoms with Crippen LogP contribution in [-0.4, -0.2) is 77.0 Å². The third-order valence-electron chi connectivity index (χ3n) is 5.05. The molecule has 1 saturated heterocycles. The summed E-state index contributed by atoms with van der Waals surface area (Å²) in [6, 6.07) is 2.97. The van der Waals surface area contributed by atoms with Crippen LogP contribution in [0.5, 0.6) is 5.75 Å². The Morgan fingerprint density at radius 2 is 2.21 bits per heavy atom. The molecule has 29 heavy (non-hydrogen) atoms. The van der Waals surface area contributed by atoms with Gasteiger partial charge in [-0.1, -0.05) is 11.6 Å². The monoisotopic (exact) mass is 423 g/mol. The Morgan fingerprint density at radius 3 is 2.90 bits per heavy atom. The molecule has 0 spiro atoms. The van der Waals surface area contributed by atoms with E-state index in [1.165, 1.54) is 19.5 Å². The summed E-state index contributed by atoms with van der Waals surface area (Å²) < 4.78 is 10.9. The normalized spacial score (nSPS) is 19.8. The maximum absolute atomic E-state index is 12.8. The number of piperidine rings is 1. The number of nitrogens with two attached hydrogens (primary N) is 1. The summed E-state index contributed by atoms with van der Waals surface area (Å²) in [6.07, 6.45) is 2.99. The lowest BCUT2D eigenvalue weighted by atomic mass is 10.0. The molecule has 2 atom stereocenters. The number of carbonyl (C=O) groups excluding carboxylic acids is 1. The number of tetrazole rings is 1. The Labute approximate surface area is 174 Å². The molecule has 1 aliphatic heterocycles. The number of rotatable bonds is 8. The molecular formula is C18H26ClN7O3. The molecule has 2 heterocycles. The van der Waals surface area contributed by atoms with E-state index in [2.05, 4.69) is 25.6 Å². The van der Waals surface area contributed by atoms with Crippen molar-refractivity contribution in [1.82, 2.24) is 30.4 Å². The van der Waals surface area contributed by atoms with Gasteiger partial charge in [-0.2, -0.15) is 4.80 Å². The maximum atomic E-state index is 12.8. The second kappa shape index (κ2) is 9.86. The van der Waals surface area contributed by atoms with Gasteiger partial charge in [-0.25, -0.2) is 0 Å². The highest BCUT2D eigenvalue weighted by atomic mass is 35.5. The van der Waals surface area contributed by atoms with Crippen LogP contribution >= 0.6 is 11.6 Å². The number of anilines is 1. The molecule has 1 aliphatic rings. The molecular weight excluding hydrogens is 398 g/mol. The van der Waals surface area contributed by atoms with E-state index in [-0.39, 0.29) is 18.1 Å². The van der Waals surface area contributed by atoms with Crippen molar-refractivity contribution >= 4 is 23.2 Å². The maximum Gasteiger partial charge on any atom is 0.255 e. The summed E-state index contributed by atoms with van der Waals surface area (Å²) >= 11 is 6.08. The fraction of sp³-hybridized carbons (Fsp3) is 0.556. The molecule has 1 aromatic carbocycles. The van der Waals surface area contributed by atoms with Crippen LogP contribution in [0.1, 0.15) is 23.2 Å². The van der Waals surface area contributed by atoms with Crippen LogP contribution in [0, 0.1) is 0 Å². The summed E-state index contributed by atoms with van der Waals surface area (Å²) in [5.41, 5.74) is 6.51. The van der Waals surface area contributed by atoms with Crippen molar-refractivity contribution in [1.29, 1.82) is 0 Å². The molecule has 158 valence electrons. The highest BCUT2D eigenvalue weighted by Gasteiger charge is 2.31. The van der Waals surface area contributed by atoms with Gasteiger partial charge in [-0.15, -0.1) is 10.2 Å². The molecule has 3 N–H and O–H groups in total. The van der Waals surface area contributed by atoms with Gasteiger partial charge in [0.1, 0.15) is 5.75 Å². The first kappa shape index (κ1) is 21.3. The standard InChI is InChI=1S/C18H26ClN7O3/c1-28-16-9-14(20)13(19)8-12(16)18(27)23-15-4-7-25(10-17(15)29-2)5-3-6-26-22-11-21-24-26/h8-9,11,15,17H,3-7,10,20H2,1-2H3,(H,23,27). The number of aromatic nitrogens is 4. The lowest BCUT2D eigenvalue weighted by molar-refractivity contribution is 0.00570. The van der Waals surface area contributed by atoms with Crippen molar-refractivity contribution in [3.8, 4) is 5.75 Å². The summed E-state index contributed by atoms with van der Waals surface area (Å²) in [5.74, 6) is 0.124. The molecule has 2 unspecified atom stereocenters. The van der Waals surface area contributed by atoms with Gasteiger partial charge >= 0.3 is 0 Å². The molecule has 0 aliphatic carbocycles. The van der Waals surface area contributed by atoms with Crippen LogP contribution in [0.4, 0.5) is 5.69 Å². The van der Waals surface area contributed by atoms with Crippen LogP contribution in [-0.2, 0) is 11.3 Å². The Kier molecular flexibility index (Phi) is 7.24. The largest absolute Gasteiger partial charge is 0.496 e. The number of hydrogen-bond donors (Lipinski definition) is 2. The number of amides is 1. The lowest BCUT2D eigenvalue weighted by Crippen LogP contribution is -2.55. The highest BCUT2D eigenvalue weighted by Crippen LogP contribution is 2.29. The molecule has 1 fully saturated rings. The highest BCUT2D eigenvalue weighted by molar-refractivity contribution is 6.33. The smallest absolute Gasteiger partial charge is 0.255 e. The number of halogens is 1. The second-order valence-electron chi connectivity index (χ2n) is 6.90. The Bertz CT molecular complexity index is 818. The van der Waals surface area contributed by atoms with E-state index in [0.29, 0.717) is 28.6 Å². The zero-order chi connectivity index (χ0) is 20.8. The van der Waals surface area contributed by atoms with Gasteiger partial charge in [0.15, 0.2) is 6.33 Å². The van der Waals surface area contributed by atoms with Crippen LogP contribution in [0.15, 0.2) is 18.5 Å². The Hall–Kier alpha value is -2.43. The topological polar surface area (TPSA) is 120 Å². The van der Waals surface area contributed by atoms with Gasteiger partial charge in [0.05, 0.1) is 42.1 Å². The Morgan fingerprint density at radius 1 is 1.38 bits per heavy atom. The fourth-order valence-electron chi connectivity index (χ4n) is 3.48. The first-order valence-corrected chi connectivity index (χ1v) is 9.79. The predicted octanol–water partition coefficient (Wildman–Crippen LogP) is 0.827. The van der Waals surface area contributed by atoms with Crippen molar-refractivity contribution in [2.24, 2.45) is 0 Å². The van der Waals surface area contributed by atoms with Crippen molar-refractivity contribution in [3.05, 3.63) is 29.0 Å². The van der Waals surface area contributed by atoms with E-state index in [1.807, 2.05) is 0 Å². The number of nitrogens with one attached hydrogen (secondary N) is 1. The number of hydrogen-bond acceptors (Lipinski definition) is 8. The predicted molar refractivity (Wildman–Crippen MR) is 108 cm³/mol. The van der Waals surface area contributed by atoms with E-state index in [1.54, 1.807) is 18.0 Å². The van der Waals surface area contributed by atoms with Crippen LogP contribution in [0.2, 0.25) is 5.02 Å². The van der Waals surface area contributed by atoms with E-state index in [0.717, 1.165) is 32.5 Å². The number of methoxy groups -OCH3 is 2. The average molecular weight is 424 g/mol. The summed E-state index contributed by atoms with van der Waals surface area (Å²) in [4.78, 5) is 16.7. The van der Waals surface area contributed by atoms with E-state index in [9.17, 15) is 4.79 Å². The minimum atomic E-state index is -0.262. The number of ether oxygens (including phenoxy) is 2. The summed E-state index contributed by atoms with van der Waals surface area (Å²) in [5, 5.41) is 14.9. The van der Waals surface area contributed by atoms with Gasteiger partial charge in [0, 0.05) is 32.8 Å². The van der Waals surface area contributed by atoms with Crippen molar-refractivity contribution in [2.75, 3.05) is 39.6 Å². The van der Waals surface area contributed by atoms with Gasteiger partial charge < -0.3 is 25.4 Å². The van der Waals surface area contributed by atoms with Crippen molar-refractivity contribution in [3.63, 3.8) is 0 Å². The second-order valence-corrected chi connectivity index (χ2v) is 7.31. The molecule has 3 rings (SSSR count). The quantitative estimate of drug-likeness (QED) is 0.599. The number of nitrogen functional groups attached to an aromatic ring is 1. The van der Waals surface area contributed by atoms with Crippen molar-refractivity contribution in [2.45, 2.75) is 31.5 Å². The summed E-state index contributed by atoms with van der Waals surface area (Å²) in [6.45, 7) is 3.19. The molecule has 2 aromatic rings. The third kappa shape index (κ3) is 5.34. The zero-order valence-corrected chi connectivity index (χ0v) is 17.3. The van der Waals surface area contributed by atoms with Gasteiger partial charge in [0.2, 0.25) is 0 Å². The molecule has 0 radical (unpaired) electrons. The molecule has 10 nitrogen and oxygen atoms in total. The Balaban J connectivity index is 1.56. The lowest BCUT2D eigenvalue weighted by Gasteiger charge is -2.38. The molecule has 11 heteroatoms. The molecule has 0 bridgehead atoms. The van der Waals surface area contributed by atoms with E-state index < -0.39 is 0 Å². The number of aryl methyl sites for hydroxylation is 1. The molecule has 1 amide bonds. The zero-order valence-electron chi connectivity index (χ0n) is 16.5. The van der Waals surface area contributed by atoms with Crippen LogP contribution in [0.25, 0.3) is 0 Å². The minimum absolute atomic E-state index is 0.109. The molecule has 1 aromatic heterocycles. The van der Waals surface area contributed by atoms with E-state index >= 15 is 0 Å². The van der Waals surface area contributed by atoms with Crippen molar-refractivity contribution < 1.29 is 14.3 Å². The first-order chi connectivity index (χ1) is 14.0. The number of benzene rings is 1. The third-order valence-corrected chi connectivity index (χ3v) is 5.38. The van der Waals surface area contributed by atoms with E-state index in [4.69, 9.17) is 26.8 Å². The van der Waals surface area contributed by atoms with Gasteiger partial charge in [-0.3, -0.25) is 4.79 Å². The minimum Gasteiger partial charge on any atom is -0.496 e. The summed E-state index contributed by atoms with van der Waals surface area (Å²) in [7, 11) is 3.15. The number of carbonyl (C=O) groups is 1. The van der Waals surface area contributed by atoms with Gasteiger partial charge in [0.25, 0.3) is 5.91 Å². The fourth-order valence-corrected chi connectivity index (χ4v) is 3.64. The molecule has 0 saturated carbocycles. The number of likely N-dealkylation sites (tertiary alicyclic amines) is 1. The average Bonchev–Trinajstić information content (AvgIpc) is 3.24. The van der Waals surface area contributed by atoms with Gasteiger partial charge in [-0.05, 0) is 24.1 Å².